The zero-order chi connectivity index (χ0) is 15.1. The monoisotopic (exact) mass is 287 g/mol. The van der Waals surface area contributed by atoms with Gasteiger partial charge in [0.2, 0.25) is 5.88 Å². The van der Waals surface area contributed by atoms with Crippen molar-refractivity contribution in [3.05, 3.63) is 47.8 Å². The van der Waals surface area contributed by atoms with E-state index in [9.17, 15) is 0 Å². The zero-order valence-corrected chi connectivity index (χ0v) is 12.7. The Hall–Kier alpha value is -2.14. The Balaban J connectivity index is 2.18. The number of ether oxygens (including phenoxy) is 2. The van der Waals surface area contributed by atoms with Crippen molar-refractivity contribution in [1.82, 2.24) is 9.97 Å². The van der Waals surface area contributed by atoms with Gasteiger partial charge in [-0.2, -0.15) is 4.98 Å². The third kappa shape index (κ3) is 4.43. The fraction of sp³-hybridized carbons (Fsp3) is 0.375. The summed E-state index contributed by atoms with van der Waals surface area (Å²) in [6.07, 6.45) is -0.0778. The minimum atomic E-state index is -0.0778. The van der Waals surface area contributed by atoms with E-state index in [0.717, 1.165) is 17.9 Å². The van der Waals surface area contributed by atoms with E-state index in [0.29, 0.717) is 18.3 Å². The molecule has 1 aromatic heterocycles. The van der Waals surface area contributed by atoms with Crippen molar-refractivity contribution in [2.75, 3.05) is 19.0 Å². The van der Waals surface area contributed by atoms with E-state index in [4.69, 9.17) is 9.47 Å². The quantitative estimate of drug-likeness (QED) is 0.847. The molecular formula is C16H21N3O2. The fourth-order valence-corrected chi connectivity index (χ4v) is 1.97. The van der Waals surface area contributed by atoms with E-state index in [2.05, 4.69) is 15.3 Å². The minimum absolute atomic E-state index is 0.0778. The number of benzene rings is 1. The van der Waals surface area contributed by atoms with E-state index in [1.807, 2.05) is 50.2 Å². The number of methoxy groups -OCH3 is 1. The molecule has 1 unspecified atom stereocenters. The topological polar surface area (TPSA) is 56.3 Å². The lowest BCUT2D eigenvalue weighted by Crippen LogP contribution is -2.09. The van der Waals surface area contributed by atoms with Crippen LogP contribution < -0.4 is 10.1 Å². The first-order valence-electron chi connectivity index (χ1n) is 7.05. The average molecular weight is 287 g/mol. The molecule has 1 heterocycles. The summed E-state index contributed by atoms with van der Waals surface area (Å²) in [6, 6.07) is 11.9. The lowest BCUT2D eigenvalue weighted by Gasteiger charge is -2.15. The molecule has 0 aliphatic heterocycles. The molecule has 1 aromatic carbocycles. The second kappa shape index (κ2) is 7.59. The van der Waals surface area contributed by atoms with Crippen molar-refractivity contribution >= 4 is 5.82 Å². The van der Waals surface area contributed by atoms with E-state index in [1.54, 1.807) is 7.11 Å². The molecule has 5 heteroatoms. The van der Waals surface area contributed by atoms with Crippen molar-refractivity contribution in [3.63, 3.8) is 0 Å². The van der Waals surface area contributed by atoms with Gasteiger partial charge in [0.05, 0.1) is 0 Å². The Kier molecular flexibility index (Phi) is 5.51. The van der Waals surface area contributed by atoms with Crippen LogP contribution in [0.1, 0.15) is 31.3 Å². The van der Waals surface area contributed by atoms with Gasteiger partial charge in [-0.05, 0) is 19.4 Å². The lowest BCUT2D eigenvalue weighted by atomic mass is 10.1. The molecule has 21 heavy (non-hydrogen) atoms. The molecule has 2 aromatic rings. The lowest BCUT2D eigenvalue weighted by molar-refractivity contribution is 0.173. The Morgan fingerprint density at radius 3 is 2.62 bits per heavy atom. The molecule has 1 N–H and O–H groups in total. The number of aromatic nitrogens is 2. The van der Waals surface area contributed by atoms with Crippen molar-refractivity contribution < 1.29 is 9.47 Å². The van der Waals surface area contributed by atoms with Crippen LogP contribution >= 0.6 is 0 Å². The molecule has 0 amide bonds. The van der Waals surface area contributed by atoms with E-state index >= 15 is 0 Å². The summed E-state index contributed by atoms with van der Waals surface area (Å²) in [4.78, 5) is 8.74. The van der Waals surface area contributed by atoms with Gasteiger partial charge in [-0.1, -0.05) is 30.3 Å². The Labute approximate surface area is 125 Å². The summed E-state index contributed by atoms with van der Waals surface area (Å²) < 4.78 is 11.0. The predicted molar refractivity (Wildman–Crippen MR) is 82.4 cm³/mol. The van der Waals surface area contributed by atoms with Crippen LogP contribution in [0.15, 0.2) is 36.4 Å². The molecule has 2 rings (SSSR count). The van der Waals surface area contributed by atoms with E-state index in [1.165, 1.54) is 0 Å². The van der Waals surface area contributed by atoms with Gasteiger partial charge in [0.15, 0.2) is 5.82 Å². The van der Waals surface area contributed by atoms with Crippen LogP contribution in [-0.2, 0) is 11.3 Å². The SMILES string of the molecule is CCNc1cc(OC(C)c2ccccc2)nc(COC)n1. The third-order valence-corrected chi connectivity index (χ3v) is 2.95. The highest BCUT2D eigenvalue weighted by Crippen LogP contribution is 2.22. The maximum atomic E-state index is 5.93. The van der Waals surface area contributed by atoms with Crippen LogP contribution in [-0.4, -0.2) is 23.6 Å². The van der Waals surface area contributed by atoms with Crippen molar-refractivity contribution in [2.45, 2.75) is 26.6 Å². The van der Waals surface area contributed by atoms with Crippen LogP contribution in [0.2, 0.25) is 0 Å². The second-order valence-corrected chi connectivity index (χ2v) is 4.64. The maximum absolute atomic E-state index is 5.93. The molecule has 0 saturated heterocycles. The first-order chi connectivity index (χ1) is 10.2. The second-order valence-electron chi connectivity index (χ2n) is 4.64. The molecule has 0 bridgehead atoms. The summed E-state index contributed by atoms with van der Waals surface area (Å²) in [7, 11) is 1.62. The van der Waals surface area contributed by atoms with Gasteiger partial charge in [0.1, 0.15) is 18.5 Å². The van der Waals surface area contributed by atoms with E-state index in [-0.39, 0.29) is 6.10 Å². The Morgan fingerprint density at radius 2 is 1.95 bits per heavy atom. The number of nitrogens with one attached hydrogen (secondary N) is 1. The average Bonchev–Trinajstić information content (AvgIpc) is 2.48. The van der Waals surface area contributed by atoms with Crippen LogP contribution in [0.3, 0.4) is 0 Å². The summed E-state index contributed by atoms with van der Waals surface area (Å²) in [5.74, 6) is 1.89. The number of anilines is 1. The summed E-state index contributed by atoms with van der Waals surface area (Å²) in [5, 5.41) is 3.17. The minimum Gasteiger partial charge on any atom is -0.470 e. The number of hydrogen-bond donors (Lipinski definition) is 1. The van der Waals surface area contributed by atoms with Crippen LogP contribution in [0.25, 0.3) is 0 Å². The van der Waals surface area contributed by atoms with E-state index < -0.39 is 0 Å². The zero-order valence-electron chi connectivity index (χ0n) is 12.7. The van der Waals surface area contributed by atoms with Gasteiger partial charge in [0.25, 0.3) is 0 Å². The van der Waals surface area contributed by atoms with Crippen molar-refractivity contribution in [1.29, 1.82) is 0 Å². The Bertz CT molecular complexity index is 536. The predicted octanol–water partition coefficient (Wildman–Crippen LogP) is 3.19. The summed E-state index contributed by atoms with van der Waals surface area (Å²) >= 11 is 0. The molecule has 5 nitrogen and oxygen atoms in total. The summed E-state index contributed by atoms with van der Waals surface area (Å²) in [5.41, 5.74) is 1.11. The molecule has 1 atom stereocenters. The highest BCUT2D eigenvalue weighted by molar-refractivity contribution is 5.38. The molecule has 0 aliphatic rings. The molecule has 0 spiro atoms. The molecule has 0 aliphatic carbocycles. The number of nitrogens with zero attached hydrogens (tertiary/aromatic N) is 2. The fourth-order valence-electron chi connectivity index (χ4n) is 1.97. The van der Waals surface area contributed by atoms with Crippen molar-refractivity contribution in [2.24, 2.45) is 0 Å². The first kappa shape index (κ1) is 15.3. The van der Waals surface area contributed by atoms with Gasteiger partial charge in [-0.3, -0.25) is 0 Å². The van der Waals surface area contributed by atoms with Crippen LogP contribution in [0, 0.1) is 0 Å². The third-order valence-electron chi connectivity index (χ3n) is 2.95. The molecular weight excluding hydrogens is 266 g/mol. The standard InChI is InChI=1S/C16H21N3O2/c1-4-17-14-10-16(19-15(18-14)11-20-3)21-12(2)13-8-6-5-7-9-13/h5-10,12H,4,11H2,1-3H3,(H,17,18,19). The van der Waals surface area contributed by atoms with Gasteiger partial charge in [-0.15, -0.1) is 0 Å². The first-order valence-corrected chi connectivity index (χ1v) is 7.05. The Morgan fingerprint density at radius 1 is 1.19 bits per heavy atom. The van der Waals surface area contributed by atoms with Gasteiger partial charge in [0, 0.05) is 19.7 Å². The van der Waals surface area contributed by atoms with Gasteiger partial charge in [-0.25, -0.2) is 4.98 Å². The smallest absolute Gasteiger partial charge is 0.219 e. The normalized spacial score (nSPS) is 12.0. The van der Waals surface area contributed by atoms with Crippen molar-refractivity contribution in [3.8, 4) is 5.88 Å². The molecule has 0 radical (unpaired) electrons. The van der Waals surface area contributed by atoms with Gasteiger partial charge >= 0.3 is 0 Å². The molecule has 112 valence electrons. The van der Waals surface area contributed by atoms with Crippen LogP contribution in [0.5, 0.6) is 5.88 Å². The maximum Gasteiger partial charge on any atom is 0.219 e. The number of rotatable bonds is 7. The number of hydrogen-bond acceptors (Lipinski definition) is 5. The van der Waals surface area contributed by atoms with Crippen LogP contribution in [0.4, 0.5) is 5.82 Å². The highest BCUT2D eigenvalue weighted by atomic mass is 16.5. The van der Waals surface area contributed by atoms with Gasteiger partial charge < -0.3 is 14.8 Å². The largest absolute Gasteiger partial charge is 0.470 e. The highest BCUT2D eigenvalue weighted by Gasteiger charge is 2.10. The molecule has 0 fully saturated rings. The molecule has 0 saturated carbocycles. The summed E-state index contributed by atoms with van der Waals surface area (Å²) in [6.45, 7) is 5.16.